The Hall–Kier alpha value is -3.33. The zero-order chi connectivity index (χ0) is 18.9. The Morgan fingerprint density at radius 3 is 2.70 bits per heavy atom. The highest BCUT2D eigenvalue weighted by Crippen LogP contribution is 2.32. The van der Waals surface area contributed by atoms with Gasteiger partial charge >= 0.3 is 0 Å². The summed E-state index contributed by atoms with van der Waals surface area (Å²) in [6, 6.07) is 13.4. The summed E-state index contributed by atoms with van der Waals surface area (Å²) in [5, 5.41) is 3.08. The summed E-state index contributed by atoms with van der Waals surface area (Å²) < 4.78 is 16.7. The summed E-state index contributed by atoms with van der Waals surface area (Å²) in [6.07, 6.45) is 6.83. The van der Waals surface area contributed by atoms with E-state index in [4.69, 9.17) is 26.4 Å². The van der Waals surface area contributed by atoms with Gasteiger partial charge in [0.15, 0.2) is 17.5 Å². The monoisotopic (exact) mass is 365 g/mol. The van der Waals surface area contributed by atoms with Gasteiger partial charge in [0.05, 0.1) is 13.2 Å². The van der Waals surface area contributed by atoms with E-state index < -0.39 is 0 Å². The van der Waals surface area contributed by atoms with Gasteiger partial charge in [0, 0.05) is 24.7 Å². The number of benzene rings is 2. The standard InChI is InChI=1S/C21H23N3O3/c1-2-12-25-18-7-4-16(5-8-18)10-11-23-21(22)24-17-6-9-19-20(15-17)27-14-3-13-26-19/h1,4-9,15H,3,10-14H2,(H3,22,23,24). The van der Waals surface area contributed by atoms with Gasteiger partial charge in [-0.05, 0) is 36.2 Å². The molecular formula is C21H23N3O3. The lowest BCUT2D eigenvalue weighted by Gasteiger charge is -2.10. The molecule has 0 unspecified atom stereocenters. The highest BCUT2D eigenvalue weighted by atomic mass is 16.5. The molecular weight excluding hydrogens is 342 g/mol. The fraction of sp³-hybridized carbons (Fsp3) is 0.286. The Bertz CT molecular complexity index is 826. The fourth-order valence-corrected chi connectivity index (χ4v) is 2.61. The largest absolute Gasteiger partial charge is 0.490 e. The van der Waals surface area contributed by atoms with Crippen LogP contribution in [0, 0.1) is 12.3 Å². The summed E-state index contributed by atoms with van der Waals surface area (Å²) >= 11 is 0. The summed E-state index contributed by atoms with van der Waals surface area (Å²) in [4.78, 5) is 4.37. The Kier molecular flexibility index (Phi) is 6.42. The highest BCUT2D eigenvalue weighted by molar-refractivity contribution is 5.92. The van der Waals surface area contributed by atoms with Crippen molar-refractivity contribution in [3.8, 4) is 29.6 Å². The van der Waals surface area contributed by atoms with E-state index in [-0.39, 0.29) is 6.61 Å². The number of nitrogens with zero attached hydrogens (tertiary/aromatic N) is 1. The maximum atomic E-state index is 5.98. The molecule has 1 heterocycles. The second kappa shape index (κ2) is 9.39. The first kappa shape index (κ1) is 18.5. The van der Waals surface area contributed by atoms with Crippen LogP contribution < -0.4 is 25.3 Å². The number of hydrogen-bond donors (Lipinski definition) is 2. The van der Waals surface area contributed by atoms with E-state index in [1.807, 2.05) is 42.5 Å². The number of rotatable bonds is 6. The van der Waals surface area contributed by atoms with Gasteiger partial charge < -0.3 is 25.3 Å². The van der Waals surface area contributed by atoms with E-state index in [0.29, 0.717) is 25.7 Å². The number of guanidine groups is 1. The van der Waals surface area contributed by atoms with Crippen molar-refractivity contribution in [1.82, 2.24) is 0 Å². The van der Waals surface area contributed by atoms with E-state index in [0.717, 1.165) is 41.3 Å². The van der Waals surface area contributed by atoms with Crippen LogP contribution in [-0.2, 0) is 6.42 Å². The van der Waals surface area contributed by atoms with Crippen LogP contribution in [0.25, 0.3) is 0 Å². The number of nitrogens with two attached hydrogens (primary N) is 1. The number of aliphatic imine (C=N–C) groups is 1. The molecule has 0 amide bonds. The topological polar surface area (TPSA) is 78.1 Å². The Balaban J connectivity index is 1.51. The molecule has 0 aliphatic carbocycles. The van der Waals surface area contributed by atoms with E-state index in [2.05, 4.69) is 16.2 Å². The second-order valence-corrected chi connectivity index (χ2v) is 5.99. The molecule has 1 aliphatic rings. The quantitative estimate of drug-likeness (QED) is 0.468. The number of terminal acetylenes is 1. The molecule has 3 rings (SSSR count). The van der Waals surface area contributed by atoms with Gasteiger partial charge in [0.25, 0.3) is 0 Å². The maximum absolute atomic E-state index is 5.98. The normalized spacial score (nSPS) is 13.4. The maximum Gasteiger partial charge on any atom is 0.193 e. The molecule has 0 saturated carbocycles. The van der Waals surface area contributed by atoms with Crippen LogP contribution in [0.4, 0.5) is 5.69 Å². The minimum absolute atomic E-state index is 0.270. The van der Waals surface area contributed by atoms with Gasteiger partial charge in [-0.25, -0.2) is 0 Å². The smallest absolute Gasteiger partial charge is 0.193 e. The summed E-state index contributed by atoms with van der Waals surface area (Å²) in [6.45, 7) is 2.16. The average molecular weight is 365 g/mol. The third kappa shape index (κ3) is 5.58. The minimum Gasteiger partial charge on any atom is -0.490 e. The van der Waals surface area contributed by atoms with Crippen molar-refractivity contribution in [2.24, 2.45) is 10.7 Å². The van der Waals surface area contributed by atoms with Crippen molar-refractivity contribution in [3.05, 3.63) is 48.0 Å². The van der Waals surface area contributed by atoms with Crippen molar-refractivity contribution >= 4 is 11.6 Å². The molecule has 140 valence electrons. The molecule has 0 atom stereocenters. The first-order valence-electron chi connectivity index (χ1n) is 8.86. The molecule has 6 heteroatoms. The van der Waals surface area contributed by atoms with Crippen molar-refractivity contribution in [1.29, 1.82) is 0 Å². The molecule has 2 aromatic rings. The number of ether oxygens (including phenoxy) is 3. The molecule has 0 radical (unpaired) electrons. The van der Waals surface area contributed by atoms with Gasteiger partial charge in [0.1, 0.15) is 12.4 Å². The third-order valence-corrected chi connectivity index (χ3v) is 3.95. The Labute approximate surface area is 159 Å². The molecule has 0 saturated heterocycles. The van der Waals surface area contributed by atoms with Gasteiger partial charge in [0.2, 0.25) is 0 Å². The summed E-state index contributed by atoms with van der Waals surface area (Å²) in [7, 11) is 0. The van der Waals surface area contributed by atoms with Crippen molar-refractivity contribution in [2.45, 2.75) is 12.8 Å². The predicted octanol–water partition coefficient (Wildman–Crippen LogP) is 2.83. The number of anilines is 1. The van der Waals surface area contributed by atoms with Crippen LogP contribution >= 0.6 is 0 Å². The van der Waals surface area contributed by atoms with Gasteiger partial charge in [-0.3, -0.25) is 4.99 Å². The summed E-state index contributed by atoms with van der Waals surface area (Å²) in [5.74, 6) is 5.03. The van der Waals surface area contributed by atoms with Crippen LogP contribution in [0.2, 0.25) is 0 Å². The number of fused-ring (bicyclic) bond motifs is 1. The number of hydrogen-bond acceptors (Lipinski definition) is 4. The molecule has 0 fully saturated rings. The molecule has 0 spiro atoms. The average Bonchev–Trinajstić information content (AvgIpc) is 2.92. The van der Waals surface area contributed by atoms with E-state index in [1.54, 1.807) is 0 Å². The first-order chi connectivity index (χ1) is 13.2. The second-order valence-electron chi connectivity index (χ2n) is 5.99. The molecule has 2 aromatic carbocycles. The Morgan fingerprint density at radius 2 is 1.93 bits per heavy atom. The van der Waals surface area contributed by atoms with Crippen molar-refractivity contribution in [2.75, 3.05) is 31.7 Å². The molecule has 0 bridgehead atoms. The highest BCUT2D eigenvalue weighted by Gasteiger charge is 2.10. The van der Waals surface area contributed by atoms with Crippen LogP contribution in [0.1, 0.15) is 12.0 Å². The molecule has 27 heavy (non-hydrogen) atoms. The van der Waals surface area contributed by atoms with Crippen molar-refractivity contribution < 1.29 is 14.2 Å². The van der Waals surface area contributed by atoms with E-state index in [1.165, 1.54) is 0 Å². The lowest BCUT2D eigenvalue weighted by Crippen LogP contribution is -2.23. The first-order valence-corrected chi connectivity index (χ1v) is 8.86. The Morgan fingerprint density at radius 1 is 1.15 bits per heavy atom. The minimum atomic E-state index is 0.270. The molecule has 6 nitrogen and oxygen atoms in total. The van der Waals surface area contributed by atoms with Crippen LogP contribution in [0.3, 0.4) is 0 Å². The van der Waals surface area contributed by atoms with Crippen LogP contribution in [0.15, 0.2) is 47.5 Å². The van der Waals surface area contributed by atoms with Gasteiger partial charge in [-0.2, -0.15) is 0 Å². The predicted molar refractivity (Wildman–Crippen MR) is 107 cm³/mol. The molecule has 1 aliphatic heterocycles. The zero-order valence-electron chi connectivity index (χ0n) is 15.1. The molecule has 3 N–H and O–H groups in total. The third-order valence-electron chi connectivity index (χ3n) is 3.95. The lowest BCUT2D eigenvalue weighted by atomic mass is 10.1. The van der Waals surface area contributed by atoms with Gasteiger partial charge in [-0.1, -0.05) is 18.1 Å². The SMILES string of the molecule is C#CCOc1ccc(CCN=C(N)Nc2ccc3c(c2)OCCCO3)cc1. The zero-order valence-corrected chi connectivity index (χ0v) is 15.1. The van der Waals surface area contributed by atoms with Crippen molar-refractivity contribution in [3.63, 3.8) is 0 Å². The van der Waals surface area contributed by atoms with E-state index in [9.17, 15) is 0 Å². The molecule has 0 aromatic heterocycles. The summed E-state index contributed by atoms with van der Waals surface area (Å²) in [5.41, 5.74) is 7.95. The van der Waals surface area contributed by atoms with E-state index >= 15 is 0 Å². The fourth-order valence-electron chi connectivity index (χ4n) is 2.61. The van der Waals surface area contributed by atoms with Gasteiger partial charge in [-0.15, -0.1) is 6.42 Å². The number of nitrogens with one attached hydrogen (secondary N) is 1. The van der Waals surface area contributed by atoms with Crippen LogP contribution in [0.5, 0.6) is 17.2 Å². The van der Waals surface area contributed by atoms with Crippen LogP contribution in [-0.4, -0.2) is 32.3 Å². The lowest BCUT2D eigenvalue weighted by molar-refractivity contribution is 0.297.